The lowest BCUT2D eigenvalue weighted by Gasteiger charge is -2.30. The SMILES string of the molecule is CNC(=O)CNC(=O)CN1CCCc2ccccc21. The molecule has 2 rings (SSSR count). The fourth-order valence-electron chi connectivity index (χ4n) is 2.27. The molecule has 5 heteroatoms. The van der Waals surface area contributed by atoms with Crippen molar-refractivity contribution in [3.8, 4) is 0 Å². The van der Waals surface area contributed by atoms with E-state index in [9.17, 15) is 9.59 Å². The van der Waals surface area contributed by atoms with Gasteiger partial charge in [0.2, 0.25) is 11.8 Å². The van der Waals surface area contributed by atoms with Gasteiger partial charge in [0.15, 0.2) is 0 Å². The number of carbonyl (C=O) groups is 2. The maximum absolute atomic E-state index is 11.8. The highest BCUT2D eigenvalue weighted by Gasteiger charge is 2.18. The first-order chi connectivity index (χ1) is 9.20. The van der Waals surface area contributed by atoms with Gasteiger partial charge in [-0.15, -0.1) is 0 Å². The summed E-state index contributed by atoms with van der Waals surface area (Å²) in [5.41, 5.74) is 2.41. The van der Waals surface area contributed by atoms with Gasteiger partial charge in [-0.05, 0) is 24.5 Å². The Labute approximate surface area is 113 Å². The van der Waals surface area contributed by atoms with Gasteiger partial charge in [0, 0.05) is 19.3 Å². The second-order valence-corrected chi connectivity index (χ2v) is 4.60. The number of amides is 2. The predicted molar refractivity (Wildman–Crippen MR) is 74.1 cm³/mol. The first-order valence-corrected chi connectivity index (χ1v) is 6.51. The van der Waals surface area contributed by atoms with Crippen molar-refractivity contribution in [3.05, 3.63) is 29.8 Å². The van der Waals surface area contributed by atoms with Crippen molar-refractivity contribution in [2.75, 3.05) is 31.6 Å². The molecule has 0 saturated carbocycles. The largest absolute Gasteiger partial charge is 0.362 e. The number of hydrogen-bond donors (Lipinski definition) is 2. The van der Waals surface area contributed by atoms with Gasteiger partial charge in [-0.3, -0.25) is 9.59 Å². The Morgan fingerprint density at radius 1 is 1.26 bits per heavy atom. The molecule has 1 aliphatic heterocycles. The molecule has 0 aromatic heterocycles. The number of nitrogens with zero attached hydrogens (tertiary/aromatic N) is 1. The van der Waals surface area contributed by atoms with Crippen LogP contribution in [0.15, 0.2) is 24.3 Å². The zero-order valence-corrected chi connectivity index (χ0v) is 11.1. The summed E-state index contributed by atoms with van der Waals surface area (Å²) < 4.78 is 0. The highest BCUT2D eigenvalue weighted by molar-refractivity contribution is 5.87. The molecule has 1 aromatic rings. The summed E-state index contributed by atoms with van der Waals surface area (Å²) in [6, 6.07) is 8.15. The van der Waals surface area contributed by atoms with Crippen LogP contribution in [-0.2, 0) is 16.0 Å². The van der Waals surface area contributed by atoms with Crippen molar-refractivity contribution in [2.45, 2.75) is 12.8 Å². The average Bonchev–Trinajstić information content (AvgIpc) is 2.45. The summed E-state index contributed by atoms with van der Waals surface area (Å²) in [6.07, 6.45) is 2.12. The van der Waals surface area contributed by atoms with Crippen LogP contribution in [0.2, 0.25) is 0 Å². The first-order valence-electron chi connectivity index (χ1n) is 6.51. The number of para-hydroxylation sites is 1. The third kappa shape index (κ3) is 3.47. The Kier molecular flexibility index (Phi) is 4.39. The zero-order valence-electron chi connectivity index (χ0n) is 11.1. The zero-order chi connectivity index (χ0) is 13.7. The Morgan fingerprint density at radius 2 is 2.05 bits per heavy atom. The normalized spacial score (nSPS) is 13.6. The van der Waals surface area contributed by atoms with E-state index in [0.717, 1.165) is 25.1 Å². The van der Waals surface area contributed by atoms with Gasteiger partial charge in [-0.25, -0.2) is 0 Å². The van der Waals surface area contributed by atoms with Gasteiger partial charge >= 0.3 is 0 Å². The summed E-state index contributed by atoms with van der Waals surface area (Å²) in [5.74, 6) is -0.312. The van der Waals surface area contributed by atoms with Crippen LogP contribution in [0.4, 0.5) is 5.69 Å². The van der Waals surface area contributed by atoms with Crippen LogP contribution in [0.5, 0.6) is 0 Å². The fraction of sp³-hybridized carbons (Fsp3) is 0.429. The van der Waals surface area contributed by atoms with Crippen molar-refractivity contribution in [2.24, 2.45) is 0 Å². The quantitative estimate of drug-likeness (QED) is 0.819. The van der Waals surface area contributed by atoms with E-state index in [1.165, 1.54) is 5.56 Å². The van der Waals surface area contributed by atoms with Crippen LogP contribution < -0.4 is 15.5 Å². The topological polar surface area (TPSA) is 61.4 Å². The van der Waals surface area contributed by atoms with E-state index in [0.29, 0.717) is 6.54 Å². The van der Waals surface area contributed by atoms with Gasteiger partial charge in [0.25, 0.3) is 0 Å². The predicted octanol–water partition coefficient (Wildman–Crippen LogP) is 0.301. The molecule has 0 unspecified atom stereocenters. The Hall–Kier alpha value is -2.04. The smallest absolute Gasteiger partial charge is 0.239 e. The monoisotopic (exact) mass is 261 g/mol. The van der Waals surface area contributed by atoms with E-state index in [-0.39, 0.29) is 18.4 Å². The summed E-state index contributed by atoms with van der Waals surface area (Å²) in [6.45, 7) is 1.21. The van der Waals surface area contributed by atoms with Crippen LogP contribution in [0.1, 0.15) is 12.0 Å². The minimum atomic E-state index is -0.188. The van der Waals surface area contributed by atoms with Crippen LogP contribution in [0, 0.1) is 0 Å². The second-order valence-electron chi connectivity index (χ2n) is 4.60. The molecule has 102 valence electrons. The average molecular weight is 261 g/mol. The number of benzene rings is 1. The van der Waals surface area contributed by atoms with E-state index in [1.54, 1.807) is 7.05 Å². The number of anilines is 1. The maximum atomic E-state index is 11.8. The molecular formula is C14H19N3O2. The lowest BCUT2D eigenvalue weighted by molar-refractivity contribution is -0.125. The molecule has 0 fully saturated rings. The molecule has 0 bridgehead atoms. The first kappa shape index (κ1) is 13.4. The van der Waals surface area contributed by atoms with Gasteiger partial charge in [-0.1, -0.05) is 18.2 Å². The number of aryl methyl sites for hydroxylation is 1. The maximum Gasteiger partial charge on any atom is 0.239 e. The van der Waals surface area contributed by atoms with E-state index in [2.05, 4.69) is 21.6 Å². The fourth-order valence-corrected chi connectivity index (χ4v) is 2.27. The molecule has 1 aliphatic rings. The molecule has 5 nitrogen and oxygen atoms in total. The lowest BCUT2D eigenvalue weighted by Crippen LogP contribution is -2.42. The summed E-state index contributed by atoms with van der Waals surface area (Å²) in [4.78, 5) is 24.9. The van der Waals surface area contributed by atoms with Crippen LogP contribution >= 0.6 is 0 Å². The third-order valence-electron chi connectivity index (χ3n) is 3.27. The van der Waals surface area contributed by atoms with E-state index < -0.39 is 0 Å². The van der Waals surface area contributed by atoms with Crippen LogP contribution in [0.3, 0.4) is 0 Å². The molecule has 2 N–H and O–H groups in total. The standard InChI is InChI=1S/C14H19N3O2/c1-15-13(18)9-16-14(19)10-17-8-4-6-11-5-2-3-7-12(11)17/h2-3,5,7H,4,6,8-10H2,1H3,(H,15,18)(H,16,19). The molecular weight excluding hydrogens is 242 g/mol. The van der Waals surface area contributed by atoms with Gasteiger partial charge in [0.05, 0.1) is 13.1 Å². The Morgan fingerprint density at radius 3 is 2.84 bits per heavy atom. The second kappa shape index (κ2) is 6.22. The van der Waals surface area contributed by atoms with Gasteiger partial charge in [-0.2, -0.15) is 0 Å². The Bertz CT molecular complexity index is 474. The number of fused-ring (bicyclic) bond motifs is 1. The van der Waals surface area contributed by atoms with Gasteiger partial charge in [0.1, 0.15) is 0 Å². The molecule has 0 atom stereocenters. The number of likely N-dealkylation sites (N-methyl/N-ethyl adjacent to an activating group) is 1. The van der Waals surface area contributed by atoms with Crippen molar-refractivity contribution < 1.29 is 9.59 Å². The van der Waals surface area contributed by atoms with Crippen molar-refractivity contribution in [3.63, 3.8) is 0 Å². The van der Waals surface area contributed by atoms with E-state index in [4.69, 9.17) is 0 Å². The molecule has 1 heterocycles. The lowest BCUT2D eigenvalue weighted by atomic mass is 10.0. The minimum absolute atomic E-state index is 0.0326. The summed E-state index contributed by atoms with van der Waals surface area (Å²) in [7, 11) is 1.55. The highest BCUT2D eigenvalue weighted by atomic mass is 16.2. The minimum Gasteiger partial charge on any atom is -0.362 e. The summed E-state index contributed by atoms with van der Waals surface area (Å²) >= 11 is 0. The number of carbonyl (C=O) groups excluding carboxylic acids is 2. The molecule has 0 saturated heterocycles. The number of hydrogen-bond acceptors (Lipinski definition) is 3. The van der Waals surface area contributed by atoms with Crippen LogP contribution in [-0.4, -0.2) is 38.5 Å². The molecule has 0 spiro atoms. The molecule has 0 radical (unpaired) electrons. The molecule has 19 heavy (non-hydrogen) atoms. The van der Waals surface area contributed by atoms with Crippen molar-refractivity contribution >= 4 is 17.5 Å². The third-order valence-corrected chi connectivity index (χ3v) is 3.27. The molecule has 1 aromatic carbocycles. The number of rotatable bonds is 4. The van der Waals surface area contributed by atoms with Gasteiger partial charge < -0.3 is 15.5 Å². The van der Waals surface area contributed by atoms with E-state index in [1.807, 2.05) is 18.2 Å². The highest BCUT2D eigenvalue weighted by Crippen LogP contribution is 2.25. The molecule has 2 amide bonds. The van der Waals surface area contributed by atoms with E-state index >= 15 is 0 Å². The summed E-state index contributed by atoms with van der Waals surface area (Å²) in [5, 5.41) is 5.09. The van der Waals surface area contributed by atoms with Crippen molar-refractivity contribution in [1.82, 2.24) is 10.6 Å². The van der Waals surface area contributed by atoms with Crippen molar-refractivity contribution in [1.29, 1.82) is 0 Å². The molecule has 0 aliphatic carbocycles. The van der Waals surface area contributed by atoms with Crippen LogP contribution in [0.25, 0.3) is 0 Å². The number of nitrogens with one attached hydrogen (secondary N) is 2. The Balaban J connectivity index is 1.93.